The van der Waals surface area contributed by atoms with Crippen molar-refractivity contribution >= 4 is 15.4 Å². The Labute approximate surface area is 199 Å². The van der Waals surface area contributed by atoms with Gasteiger partial charge in [0.15, 0.2) is 0 Å². The van der Waals surface area contributed by atoms with Gasteiger partial charge in [0.05, 0.1) is 0 Å². The van der Waals surface area contributed by atoms with Crippen LogP contribution in [-0.4, -0.2) is 28.7 Å². The topological polar surface area (TPSA) is 12.5 Å². The van der Waals surface area contributed by atoms with Crippen molar-refractivity contribution in [1.82, 2.24) is 4.90 Å². The standard InChI is InChI=1S/C28H35NO.W/c1-4-20-29(21-5-2)28-26-17-11-10-15-24(26)16-12-18-27(28)25(19-22-30-6-3)23-13-8-7-9-14-23;/h7-11,13-15,17,19H,4-6,12,16,18,20-21H2,1-3H3;/b25-19-;. The van der Waals surface area contributed by atoms with Crippen LogP contribution < -0.4 is 0 Å². The predicted molar refractivity (Wildman–Crippen MR) is 130 cm³/mol. The monoisotopic (exact) mass is 585 g/mol. The molecular weight excluding hydrogens is 550 g/mol. The van der Waals surface area contributed by atoms with E-state index in [2.05, 4.69) is 86.3 Å². The Morgan fingerprint density at radius 3 is 2.29 bits per heavy atom. The Bertz CT molecular complexity index is 923. The first kappa shape index (κ1) is 23.9. The Hall–Kier alpha value is -1.76. The van der Waals surface area contributed by atoms with Crippen LogP contribution in [0, 0.1) is 0 Å². The van der Waals surface area contributed by atoms with E-state index < -0.39 is 0 Å². The van der Waals surface area contributed by atoms with Gasteiger partial charge in [0, 0.05) is 0 Å². The summed E-state index contributed by atoms with van der Waals surface area (Å²) in [5.41, 5.74) is 8.40. The molecule has 31 heavy (non-hydrogen) atoms. The number of aryl methyl sites for hydroxylation is 1. The molecule has 0 bridgehead atoms. The van der Waals surface area contributed by atoms with Crippen molar-refractivity contribution in [1.29, 1.82) is 0 Å². The third-order valence-electron chi connectivity index (χ3n) is 5.69. The Balaban J connectivity index is 2.28. The summed E-state index contributed by atoms with van der Waals surface area (Å²) in [6.45, 7) is 9.52. The van der Waals surface area contributed by atoms with Gasteiger partial charge in [0.25, 0.3) is 0 Å². The zero-order valence-corrected chi connectivity index (χ0v) is 22.1. The number of ether oxygens (including phenoxy) is 1. The number of nitrogens with zero attached hydrogens (tertiary/aromatic N) is 1. The van der Waals surface area contributed by atoms with Gasteiger partial charge in [-0.1, -0.05) is 0 Å². The van der Waals surface area contributed by atoms with Gasteiger partial charge >= 0.3 is 200 Å². The molecule has 2 aromatic rings. The quantitative estimate of drug-likeness (QED) is 0.310. The molecule has 0 heterocycles. The molecule has 2 aromatic carbocycles. The summed E-state index contributed by atoms with van der Waals surface area (Å²) in [6, 6.07) is 19.9. The first-order valence-electron chi connectivity index (χ1n) is 11.7. The number of allylic oxidation sites excluding steroid dienone is 2. The molecule has 0 N–H and O–H groups in total. The van der Waals surface area contributed by atoms with Crippen molar-refractivity contribution < 1.29 is 24.1 Å². The molecular formula is C28H35NOW. The molecule has 0 saturated heterocycles. The van der Waals surface area contributed by atoms with Crippen LogP contribution >= 0.6 is 0 Å². The summed E-state index contributed by atoms with van der Waals surface area (Å²) in [6.07, 6.45) is 8.00. The molecule has 0 saturated carbocycles. The van der Waals surface area contributed by atoms with Crippen molar-refractivity contribution in [2.24, 2.45) is 0 Å². The zero-order chi connectivity index (χ0) is 22.1. The zero-order valence-electron chi connectivity index (χ0n) is 19.2. The van der Waals surface area contributed by atoms with Gasteiger partial charge in [-0.25, -0.2) is 0 Å². The van der Waals surface area contributed by atoms with Gasteiger partial charge in [0.2, 0.25) is 0 Å². The molecule has 1 aliphatic carbocycles. The normalized spacial score (nSPS) is 14.2. The molecule has 164 valence electrons. The Kier molecular flexibility index (Phi) is 9.49. The first-order valence-corrected chi connectivity index (χ1v) is 13.2. The van der Waals surface area contributed by atoms with Gasteiger partial charge in [-0.15, -0.1) is 0 Å². The fourth-order valence-electron chi connectivity index (χ4n) is 4.47. The summed E-state index contributed by atoms with van der Waals surface area (Å²) in [7, 11) is 0. The molecule has 3 rings (SSSR count). The van der Waals surface area contributed by atoms with Gasteiger partial charge in [-0.05, 0) is 0 Å². The number of benzene rings is 2. The average Bonchev–Trinajstić information content (AvgIpc) is 2.97. The van der Waals surface area contributed by atoms with E-state index in [0.717, 1.165) is 42.9 Å². The van der Waals surface area contributed by atoms with E-state index in [1.165, 1.54) is 59.3 Å². The second-order valence-corrected chi connectivity index (χ2v) is 9.45. The molecule has 0 spiro atoms. The summed E-state index contributed by atoms with van der Waals surface area (Å²) in [5.74, 6) is 0. The summed E-state index contributed by atoms with van der Waals surface area (Å²) < 4.78 is 6.98. The molecule has 1 aliphatic rings. The molecule has 0 radical (unpaired) electrons. The molecule has 0 fully saturated rings. The van der Waals surface area contributed by atoms with Crippen LogP contribution in [-0.2, 0) is 30.5 Å². The van der Waals surface area contributed by atoms with E-state index in [-0.39, 0.29) is 0 Å². The second kappa shape index (κ2) is 12.3. The average molecular weight is 585 g/mol. The Morgan fingerprint density at radius 1 is 0.935 bits per heavy atom. The van der Waals surface area contributed by atoms with Crippen LogP contribution in [0.15, 0.2) is 66.2 Å². The van der Waals surface area contributed by atoms with Crippen molar-refractivity contribution in [3.8, 4) is 0 Å². The van der Waals surface area contributed by atoms with E-state index in [4.69, 9.17) is 4.74 Å². The summed E-state index contributed by atoms with van der Waals surface area (Å²) in [5, 5.41) is 0. The predicted octanol–water partition coefficient (Wildman–Crippen LogP) is 6.65. The van der Waals surface area contributed by atoms with Crippen LogP contribution in [0.25, 0.3) is 11.3 Å². The number of hydrogen-bond acceptors (Lipinski definition) is 2. The van der Waals surface area contributed by atoms with Gasteiger partial charge in [-0.2, -0.15) is 0 Å². The molecule has 0 aliphatic heterocycles. The molecule has 2 nitrogen and oxygen atoms in total. The van der Waals surface area contributed by atoms with Gasteiger partial charge < -0.3 is 0 Å². The summed E-state index contributed by atoms with van der Waals surface area (Å²) in [4.78, 5) is 2.64. The van der Waals surface area contributed by atoms with Crippen molar-refractivity contribution in [2.45, 2.75) is 52.9 Å². The third-order valence-corrected chi connectivity index (χ3v) is 6.54. The molecule has 0 amide bonds. The van der Waals surface area contributed by atoms with Crippen LogP contribution in [0.1, 0.15) is 63.1 Å². The van der Waals surface area contributed by atoms with E-state index in [9.17, 15) is 0 Å². The minimum absolute atomic E-state index is 0.712. The van der Waals surface area contributed by atoms with Gasteiger partial charge in [0.1, 0.15) is 0 Å². The van der Waals surface area contributed by atoms with Crippen LogP contribution in [0.5, 0.6) is 0 Å². The van der Waals surface area contributed by atoms with E-state index in [1.54, 1.807) is 0 Å². The fourth-order valence-corrected chi connectivity index (χ4v) is 5.32. The molecule has 0 aromatic heterocycles. The third kappa shape index (κ3) is 6.15. The van der Waals surface area contributed by atoms with E-state index in [0.29, 0.717) is 6.61 Å². The summed E-state index contributed by atoms with van der Waals surface area (Å²) >= 11 is 1.38. The van der Waals surface area contributed by atoms with Crippen molar-refractivity contribution in [3.63, 3.8) is 0 Å². The van der Waals surface area contributed by atoms with Crippen LogP contribution in [0.3, 0.4) is 0 Å². The molecule has 0 unspecified atom stereocenters. The van der Waals surface area contributed by atoms with E-state index >= 15 is 0 Å². The Morgan fingerprint density at radius 2 is 1.61 bits per heavy atom. The number of fused-ring (bicyclic) bond motifs is 1. The fraction of sp³-hybridized carbons (Fsp3) is 0.393. The van der Waals surface area contributed by atoms with Crippen molar-refractivity contribution in [2.75, 3.05) is 19.7 Å². The van der Waals surface area contributed by atoms with Crippen LogP contribution in [0.4, 0.5) is 0 Å². The van der Waals surface area contributed by atoms with Crippen molar-refractivity contribution in [3.05, 3.63) is 82.9 Å². The molecule has 3 heteroatoms. The maximum absolute atomic E-state index is 5.92. The van der Waals surface area contributed by atoms with Crippen LogP contribution in [0.2, 0.25) is 0 Å². The number of rotatable bonds is 10. The molecule has 0 atom stereocenters. The number of hydrogen-bond donors (Lipinski definition) is 0. The SMILES string of the molecule is CCCN(CCC)C1=C(/C(=C\[C](=[W])OCC)c2ccccc2)CCCc2ccccc21. The van der Waals surface area contributed by atoms with E-state index in [1.807, 2.05) is 0 Å². The second-order valence-electron chi connectivity index (χ2n) is 8.00. The first-order chi connectivity index (χ1) is 15.2. The maximum atomic E-state index is 5.92. The minimum atomic E-state index is 0.712. The van der Waals surface area contributed by atoms with Gasteiger partial charge in [-0.3, -0.25) is 0 Å².